The smallest absolute Gasteiger partial charge is 0.170 e. The zero-order valence-corrected chi connectivity index (χ0v) is 14.7. The van der Waals surface area contributed by atoms with Gasteiger partial charge in [0.25, 0.3) is 0 Å². The van der Waals surface area contributed by atoms with Gasteiger partial charge in [0.15, 0.2) is 5.58 Å². The molecular formula is C19H26FN3O2. The van der Waals surface area contributed by atoms with E-state index >= 15 is 0 Å². The maximum Gasteiger partial charge on any atom is 0.170 e. The summed E-state index contributed by atoms with van der Waals surface area (Å²) in [7, 11) is 2.10. The van der Waals surface area contributed by atoms with Gasteiger partial charge >= 0.3 is 0 Å². The molecule has 1 unspecified atom stereocenters. The van der Waals surface area contributed by atoms with Crippen molar-refractivity contribution in [2.24, 2.45) is 0 Å². The Morgan fingerprint density at radius 2 is 2.08 bits per heavy atom. The molecule has 1 aromatic heterocycles. The van der Waals surface area contributed by atoms with Gasteiger partial charge in [-0.05, 0) is 58.0 Å². The molecule has 1 saturated heterocycles. The molecule has 1 N–H and O–H groups in total. The molecule has 1 atom stereocenters. The third-order valence-electron chi connectivity index (χ3n) is 5.57. The lowest BCUT2D eigenvalue weighted by molar-refractivity contribution is 0.0694. The molecule has 136 valence electrons. The molecular weight excluding hydrogens is 321 g/mol. The van der Waals surface area contributed by atoms with Gasteiger partial charge in [0.05, 0.1) is 11.8 Å². The number of rotatable bonds is 6. The van der Waals surface area contributed by atoms with Gasteiger partial charge in [-0.15, -0.1) is 0 Å². The molecule has 0 amide bonds. The SMILES string of the molecule is CN(CC(O)CN1CCC(c2noc3cc(F)ccc23)CC1)C1CC1. The summed E-state index contributed by atoms with van der Waals surface area (Å²) >= 11 is 0. The molecule has 4 rings (SSSR count). The number of hydrogen-bond acceptors (Lipinski definition) is 5. The number of likely N-dealkylation sites (tertiary alicyclic amines) is 1. The van der Waals surface area contributed by atoms with Gasteiger partial charge in [0, 0.05) is 36.5 Å². The summed E-state index contributed by atoms with van der Waals surface area (Å²) in [5.74, 6) is 0.0458. The van der Waals surface area contributed by atoms with Crippen molar-refractivity contribution in [1.29, 1.82) is 0 Å². The van der Waals surface area contributed by atoms with Crippen LogP contribution in [-0.2, 0) is 0 Å². The average molecular weight is 347 g/mol. The van der Waals surface area contributed by atoms with E-state index in [0.29, 0.717) is 17.5 Å². The highest BCUT2D eigenvalue weighted by molar-refractivity contribution is 5.79. The molecule has 1 saturated carbocycles. The summed E-state index contributed by atoms with van der Waals surface area (Å²) in [6.45, 7) is 3.38. The first-order valence-electron chi connectivity index (χ1n) is 9.25. The second-order valence-electron chi connectivity index (χ2n) is 7.61. The number of hydrogen-bond donors (Lipinski definition) is 1. The van der Waals surface area contributed by atoms with Gasteiger partial charge in [-0.3, -0.25) is 0 Å². The lowest BCUT2D eigenvalue weighted by Crippen LogP contribution is -2.42. The number of halogens is 1. The second kappa shape index (κ2) is 7.02. The summed E-state index contributed by atoms with van der Waals surface area (Å²) in [6.07, 6.45) is 4.22. The first-order chi connectivity index (χ1) is 12.1. The van der Waals surface area contributed by atoms with Crippen molar-refractivity contribution in [1.82, 2.24) is 15.0 Å². The monoisotopic (exact) mass is 347 g/mol. The number of piperidine rings is 1. The zero-order valence-electron chi connectivity index (χ0n) is 14.7. The number of likely N-dealkylation sites (N-methyl/N-ethyl adjacent to an activating group) is 1. The minimum Gasteiger partial charge on any atom is -0.390 e. The van der Waals surface area contributed by atoms with Gasteiger partial charge < -0.3 is 19.4 Å². The van der Waals surface area contributed by atoms with E-state index in [1.165, 1.54) is 25.0 Å². The highest BCUT2D eigenvalue weighted by Crippen LogP contribution is 2.33. The first kappa shape index (κ1) is 16.9. The number of fused-ring (bicyclic) bond motifs is 1. The average Bonchev–Trinajstić information content (AvgIpc) is 3.36. The van der Waals surface area contributed by atoms with Gasteiger partial charge in [0.2, 0.25) is 0 Å². The van der Waals surface area contributed by atoms with Crippen molar-refractivity contribution in [3.8, 4) is 0 Å². The maximum absolute atomic E-state index is 13.3. The van der Waals surface area contributed by atoms with E-state index in [4.69, 9.17) is 4.52 Å². The molecule has 1 aromatic carbocycles. The number of aliphatic hydroxyl groups excluding tert-OH is 1. The Morgan fingerprint density at radius 1 is 1.32 bits per heavy atom. The molecule has 6 heteroatoms. The zero-order chi connectivity index (χ0) is 17.4. The number of benzene rings is 1. The molecule has 0 radical (unpaired) electrons. The van der Waals surface area contributed by atoms with Gasteiger partial charge in [-0.25, -0.2) is 4.39 Å². The fourth-order valence-corrected chi connectivity index (χ4v) is 3.97. The van der Waals surface area contributed by atoms with E-state index in [2.05, 4.69) is 22.0 Å². The Balaban J connectivity index is 1.31. The Bertz CT molecular complexity index is 723. The van der Waals surface area contributed by atoms with E-state index in [9.17, 15) is 9.50 Å². The summed E-state index contributed by atoms with van der Waals surface area (Å²) in [6, 6.07) is 5.31. The van der Waals surface area contributed by atoms with E-state index in [0.717, 1.165) is 50.1 Å². The van der Waals surface area contributed by atoms with E-state index in [1.807, 2.05) is 0 Å². The van der Waals surface area contributed by atoms with Gasteiger partial charge in [0.1, 0.15) is 5.82 Å². The minimum absolute atomic E-state index is 0.294. The van der Waals surface area contributed by atoms with Crippen molar-refractivity contribution in [2.45, 2.75) is 43.7 Å². The molecule has 5 nitrogen and oxygen atoms in total. The van der Waals surface area contributed by atoms with Gasteiger partial charge in [-0.2, -0.15) is 0 Å². The third kappa shape index (κ3) is 3.86. The topological polar surface area (TPSA) is 52.7 Å². The second-order valence-corrected chi connectivity index (χ2v) is 7.61. The lowest BCUT2D eigenvalue weighted by Gasteiger charge is -2.33. The minimum atomic E-state index is -0.296. The molecule has 1 aliphatic heterocycles. The number of aromatic nitrogens is 1. The van der Waals surface area contributed by atoms with Gasteiger partial charge in [-0.1, -0.05) is 5.16 Å². The van der Waals surface area contributed by atoms with E-state index in [-0.39, 0.29) is 11.9 Å². The molecule has 0 spiro atoms. The van der Waals surface area contributed by atoms with E-state index in [1.54, 1.807) is 6.07 Å². The molecule has 1 aliphatic carbocycles. The van der Waals surface area contributed by atoms with Crippen LogP contribution in [-0.4, -0.2) is 65.4 Å². The number of aliphatic hydroxyl groups is 1. The van der Waals surface area contributed by atoms with Crippen LogP contribution >= 0.6 is 0 Å². The van der Waals surface area contributed by atoms with Crippen molar-refractivity contribution >= 4 is 11.0 Å². The molecule has 2 heterocycles. The lowest BCUT2D eigenvalue weighted by atomic mass is 9.91. The predicted molar refractivity (Wildman–Crippen MR) is 94.0 cm³/mol. The fraction of sp³-hybridized carbons (Fsp3) is 0.632. The van der Waals surface area contributed by atoms with E-state index < -0.39 is 0 Å². The maximum atomic E-state index is 13.3. The van der Waals surface area contributed by atoms with Crippen molar-refractivity contribution in [3.63, 3.8) is 0 Å². The van der Waals surface area contributed by atoms with Crippen LogP contribution in [0.1, 0.15) is 37.3 Å². The van der Waals surface area contributed by atoms with Crippen LogP contribution in [0.4, 0.5) is 4.39 Å². The Hall–Kier alpha value is -1.50. The molecule has 0 bridgehead atoms. The molecule has 25 heavy (non-hydrogen) atoms. The normalized spacial score (nSPS) is 21.3. The Morgan fingerprint density at radius 3 is 2.80 bits per heavy atom. The van der Waals surface area contributed by atoms with Crippen LogP contribution in [0.25, 0.3) is 11.0 Å². The summed E-state index contributed by atoms with van der Waals surface area (Å²) in [5.41, 5.74) is 1.47. The summed E-state index contributed by atoms with van der Waals surface area (Å²) in [4.78, 5) is 4.61. The van der Waals surface area contributed by atoms with Crippen LogP contribution in [0.2, 0.25) is 0 Å². The highest BCUT2D eigenvalue weighted by atomic mass is 19.1. The predicted octanol–water partition coefficient (Wildman–Crippen LogP) is 2.60. The Labute approximate surface area is 147 Å². The number of nitrogens with zero attached hydrogens (tertiary/aromatic N) is 3. The number of β-amino-alcohol motifs (C(OH)–C–C–N with tert-alkyl or cyclic N) is 1. The van der Waals surface area contributed by atoms with Crippen molar-refractivity contribution in [3.05, 3.63) is 29.7 Å². The van der Waals surface area contributed by atoms with Crippen molar-refractivity contribution in [2.75, 3.05) is 33.2 Å². The largest absolute Gasteiger partial charge is 0.390 e. The molecule has 2 fully saturated rings. The Kier molecular flexibility index (Phi) is 4.75. The molecule has 2 aromatic rings. The quantitative estimate of drug-likeness (QED) is 0.870. The molecule has 2 aliphatic rings. The first-order valence-corrected chi connectivity index (χ1v) is 9.25. The summed E-state index contributed by atoms with van der Waals surface area (Å²) in [5, 5.41) is 15.4. The summed E-state index contributed by atoms with van der Waals surface area (Å²) < 4.78 is 18.6. The van der Waals surface area contributed by atoms with Crippen LogP contribution in [0, 0.1) is 5.82 Å². The standard InChI is InChI=1S/C19H26FN3O2/c1-22(15-3-4-15)11-16(24)12-23-8-6-13(7-9-23)19-17-5-2-14(20)10-18(17)25-21-19/h2,5,10,13,15-16,24H,3-4,6-9,11-12H2,1H3. The highest BCUT2D eigenvalue weighted by Gasteiger charge is 2.29. The van der Waals surface area contributed by atoms with Crippen LogP contribution in [0.3, 0.4) is 0 Å². The fourth-order valence-electron chi connectivity index (χ4n) is 3.97. The van der Waals surface area contributed by atoms with Crippen LogP contribution in [0.5, 0.6) is 0 Å². The third-order valence-corrected chi connectivity index (χ3v) is 5.57. The van der Waals surface area contributed by atoms with Crippen LogP contribution in [0.15, 0.2) is 22.7 Å². The van der Waals surface area contributed by atoms with Crippen LogP contribution < -0.4 is 0 Å². The van der Waals surface area contributed by atoms with Crippen molar-refractivity contribution < 1.29 is 14.0 Å².